The van der Waals surface area contributed by atoms with Crippen molar-refractivity contribution in [3.05, 3.63) is 69.1 Å². The summed E-state index contributed by atoms with van der Waals surface area (Å²) in [6.45, 7) is 2.22. The summed E-state index contributed by atoms with van der Waals surface area (Å²) in [6, 6.07) is 8.99. The molecule has 3 atom stereocenters. The summed E-state index contributed by atoms with van der Waals surface area (Å²) in [5.74, 6) is -1.56. The molecule has 2 aliphatic carbocycles. The van der Waals surface area contributed by atoms with Gasteiger partial charge in [0.15, 0.2) is 0 Å². The van der Waals surface area contributed by atoms with Gasteiger partial charge in [-0.05, 0) is 61.4 Å². The zero-order valence-electron chi connectivity index (χ0n) is 23.8. The number of carbonyl (C=O) groups excluding carboxylic acids is 3. The molecule has 0 aliphatic heterocycles. The van der Waals surface area contributed by atoms with Gasteiger partial charge < -0.3 is 24.6 Å². The Balaban J connectivity index is 1.23. The lowest BCUT2D eigenvalue weighted by Crippen LogP contribution is -2.46. The van der Waals surface area contributed by atoms with Crippen LogP contribution in [-0.4, -0.2) is 43.2 Å². The Morgan fingerprint density at radius 1 is 1.12 bits per heavy atom. The molecule has 9 nitrogen and oxygen atoms in total. The van der Waals surface area contributed by atoms with Gasteiger partial charge in [-0.2, -0.15) is 0 Å². The van der Waals surface area contributed by atoms with E-state index in [0.717, 1.165) is 43.1 Å². The summed E-state index contributed by atoms with van der Waals surface area (Å²) in [5.41, 5.74) is 1.95. The second-order valence-electron chi connectivity index (χ2n) is 10.9. The normalized spacial score (nSPS) is 19.4. The molecule has 0 bridgehead atoms. The fraction of sp³-hybridized carbons (Fsp3) is 0.419. The fourth-order valence-electron chi connectivity index (χ4n) is 5.55. The molecule has 228 valence electrons. The molecule has 2 amide bonds. The van der Waals surface area contributed by atoms with E-state index in [1.54, 1.807) is 18.2 Å². The number of amides is 2. The van der Waals surface area contributed by atoms with E-state index in [9.17, 15) is 18.8 Å². The van der Waals surface area contributed by atoms with Gasteiger partial charge in [-0.1, -0.05) is 47.8 Å². The minimum Gasteiger partial charge on any atom is -0.468 e. The predicted molar refractivity (Wildman–Crippen MR) is 158 cm³/mol. The summed E-state index contributed by atoms with van der Waals surface area (Å²) in [5, 5.41) is 10.3. The fourth-order valence-corrected chi connectivity index (χ4v) is 6.13. The Morgan fingerprint density at radius 2 is 1.86 bits per heavy atom. The predicted octanol–water partition coefficient (Wildman–Crippen LogP) is 6.39. The van der Waals surface area contributed by atoms with Gasteiger partial charge in [0, 0.05) is 28.5 Å². The van der Waals surface area contributed by atoms with Crippen LogP contribution in [0.25, 0.3) is 11.3 Å². The van der Waals surface area contributed by atoms with Gasteiger partial charge >= 0.3 is 5.97 Å². The molecule has 0 saturated heterocycles. The van der Waals surface area contributed by atoms with E-state index in [2.05, 4.69) is 20.5 Å². The van der Waals surface area contributed by atoms with E-state index < -0.39 is 17.7 Å². The summed E-state index contributed by atoms with van der Waals surface area (Å²) < 4.78 is 31.2. The number of hydrogen-bond donors (Lipinski definition) is 2. The third-order valence-electron chi connectivity index (χ3n) is 8.10. The molecule has 2 N–H and O–H groups in total. The van der Waals surface area contributed by atoms with Gasteiger partial charge in [0.1, 0.15) is 23.8 Å². The van der Waals surface area contributed by atoms with Crippen LogP contribution < -0.4 is 10.6 Å². The Bertz CT molecular complexity index is 1500. The minimum atomic E-state index is -0.759. The highest BCUT2D eigenvalue weighted by atomic mass is 35.5. The van der Waals surface area contributed by atoms with Crippen LogP contribution in [0.5, 0.6) is 0 Å². The van der Waals surface area contributed by atoms with Gasteiger partial charge in [-0.3, -0.25) is 14.4 Å². The number of halogens is 3. The highest BCUT2D eigenvalue weighted by Gasteiger charge is 2.45. The molecule has 3 unspecified atom stereocenters. The topological polar surface area (TPSA) is 120 Å². The number of esters is 1. The van der Waals surface area contributed by atoms with Crippen LogP contribution in [0.4, 0.5) is 10.1 Å². The van der Waals surface area contributed by atoms with Crippen molar-refractivity contribution in [2.45, 2.75) is 45.1 Å². The standard InChI is InChI=1S/C31H32Cl2FN3O6/c1-3-16-11-19(26(16)31(40)36-24-10-9-18(12-23(24)34)30(39)35-13-25(38)41-2)14-42-15-20-28(37-43-29(20)17-7-8-17)27-21(32)5-4-6-22(27)33/h4-6,9-10,12,16-17,19,26H,3,7-8,11,13-15H2,1-2H3,(H,35,39)(H,36,40). The van der Waals surface area contributed by atoms with E-state index in [1.165, 1.54) is 19.2 Å². The van der Waals surface area contributed by atoms with Crippen LogP contribution in [-0.2, 0) is 25.7 Å². The van der Waals surface area contributed by atoms with Crippen LogP contribution in [0.15, 0.2) is 40.9 Å². The van der Waals surface area contributed by atoms with E-state index in [-0.39, 0.29) is 54.0 Å². The molecule has 43 heavy (non-hydrogen) atoms. The van der Waals surface area contributed by atoms with Gasteiger partial charge in [0.2, 0.25) is 5.91 Å². The number of ether oxygens (including phenoxy) is 2. The molecule has 1 aromatic heterocycles. The number of methoxy groups -OCH3 is 1. The van der Waals surface area contributed by atoms with Crippen molar-refractivity contribution >= 4 is 46.7 Å². The number of nitrogens with zero attached hydrogens (tertiary/aromatic N) is 1. The average Bonchev–Trinajstić information content (AvgIpc) is 3.74. The number of rotatable bonds is 12. The first-order valence-electron chi connectivity index (χ1n) is 14.2. The second kappa shape index (κ2) is 13.4. The number of hydrogen-bond acceptors (Lipinski definition) is 7. The van der Waals surface area contributed by atoms with Crippen LogP contribution in [0.2, 0.25) is 10.0 Å². The van der Waals surface area contributed by atoms with Gasteiger partial charge in [0.05, 0.1) is 36.1 Å². The lowest BCUT2D eigenvalue weighted by atomic mass is 9.63. The molecule has 2 fully saturated rings. The smallest absolute Gasteiger partial charge is 0.325 e. The van der Waals surface area contributed by atoms with Crippen LogP contribution >= 0.6 is 23.2 Å². The molecule has 2 aromatic carbocycles. The number of carbonyl (C=O) groups is 3. The Kier molecular flexibility index (Phi) is 9.68. The van der Waals surface area contributed by atoms with Gasteiger partial charge in [-0.15, -0.1) is 0 Å². The summed E-state index contributed by atoms with van der Waals surface area (Å²) in [7, 11) is 1.20. The van der Waals surface area contributed by atoms with Gasteiger partial charge in [0.25, 0.3) is 5.91 Å². The lowest BCUT2D eigenvalue weighted by Gasteiger charge is -2.43. The summed E-state index contributed by atoms with van der Waals surface area (Å²) in [4.78, 5) is 36.8. The Hall–Kier alpha value is -3.47. The number of aromatic nitrogens is 1. The first-order chi connectivity index (χ1) is 20.7. The second-order valence-corrected chi connectivity index (χ2v) is 11.7. The Labute approximate surface area is 258 Å². The molecular weight excluding hydrogens is 600 g/mol. The van der Waals surface area contributed by atoms with E-state index >= 15 is 0 Å². The average molecular weight is 633 g/mol. The van der Waals surface area contributed by atoms with Crippen molar-refractivity contribution in [1.29, 1.82) is 0 Å². The van der Waals surface area contributed by atoms with Crippen molar-refractivity contribution in [3.8, 4) is 11.3 Å². The number of anilines is 1. The van der Waals surface area contributed by atoms with Crippen LogP contribution in [0.1, 0.15) is 60.2 Å². The number of benzene rings is 2. The van der Waals surface area contributed by atoms with Crippen molar-refractivity contribution in [2.75, 3.05) is 25.6 Å². The van der Waals surface area contributed by atoms with Crippen molar-refractivity contribution in [2.24, 2.45) is 17.8 Å². The van der Waals surface area contributed by atoms with E-state index in [4.69, 9.17) is 32.5 Å². The zero-order valence-corrected chi connectivity index (χ0v) is 25.3. The third kappa shape index (κ3) is 6.87. The Morgan fingerprint density at radius 3 is 2.51 bits per heavy atom. The quantitative estimate of drug-likeness (QED) is 0.222. The summed E-state index contributed by atoms with van der Waals surface area (Å²) in [6.07, 6.45) is 3.62. The molecule has 2 aliphatic rings. The molecule has 12 heteroatoms. The van der Waals surface area contributed by atoms with Crippen LogP contribution in [0.3, 0.4) is 0 Å². The van der Waals surface area contributed by atoms with Crippen LogP contribution in [0, 0.1) is 23.6 Å². The van der Waals surface area contributed by atoms with E-state index in [1.807, 2.05) is 6.92 Å². The van der Waals surface area contributed by atoms with Gasteiger partial charge in [-0.25, -0.2) is 4.39 Å². The molecule has 1 heterocycles. The first kappa shape index (κ1) is 31.0. The zero-order chi connectivity index (χ0) is 30.7. The maximum atomic E-state index is 14.9. The lowest BCUT2D eigenvalue weighted by molar-refractivity contribution is -0.139. The first-order valence-corrected chi connectivity index (χ1v) is 14.9. The largest absolute Gasteiger partial charge is 0.468 e. The van der Waals surface area contributed by atoms with Crippen molar-refractivity contribution < 1.29 is 32.8 Å². The highest BCUT2D eigenvalue weighted by molar-refractivity contribution is 6.39. The third-order valence-corrected chi connectivity index (χ3v) is 8.73. The molecule has 3 aromatic rings. The maximum Gasteiger partial charge on any atom is 0.325 e. The monoisotopic (exact) mass is 631 g/mol. The molecule has 0 radical (unpaired) electrons. The minimum absolute atomic E-state index is 0.0116. The van der Waals surface area contributed by atoms with Crippen molar-refractivity contribution in [3.63, 3.8) is 0 Å². The van der Waals surface area contributed by atoms with Crippen molar-refractivity contribution in [1.82, 2.24) is 10.5 Å². The van der Waals surface area contributed by atoms with E-state index in [0.29, 0.717) is 27.9 Å². The molecule has 0 spiro atoms. The highest BCUT2D eigenvalue weighted by Crippen LogP contribution is 2.47. The molecular formula is C31H32Cl2FN3O6. The maximum absolute atomic E-state index is 14.9. The number of nitrogens with one attached hydrogen (secondary N) is 2. The molecule has 5 rings (SSSR count). The SMILES string of the molecule is CCC1CC(COCc2c(-c3c(Cl)cccc3Cl)noc2C2CC2)C1C(=O)Nc1ccc(C(=O)NCC(=O)OC)cc1F. The summed E-state index contributed by atoms with van der Waals surface area (Å²) >= 11 is 12.9. The molecule has 2 saturated carbocycles.